The Labute approximate surface area is 213 Å². The zero-order valence-electron chi connectivity index (χ0n) is 20.3. The van der Waals surface area contributed by atoms with E-state index in [1.54, 1.807) is 18.5 Å². The Hall–Kier alpha value is -2.58. The Morgan fingerprint density at radius 3 is 2.15 bits per heavy atom. The zero-order valence-corrected chi connectivity index (χ0v) is 22.7. The minimum absolute atomic E-state index is 0.0476. The molecule has 8 heteroatoms. The van der Waals surface area contributed by atoms with Crippen molar-refractivity contribution in [1.82, 2.24) is 15.3 Å². The molecule has 1 atom stereocenters. The molecule has 1 aromatic carbocycles. The summed E-state index contributed by atoms with van der Waals surface area (Å²) in [5.74, 6) is -0.135. The van der Waals surface area contributed by atoms with Crippen molar-refractivity contribution >= 4 is 39.1 Å². The van der Waals surface area contributed by atoms with E-state index in [0.29, 0.717) is 17.1 Å². The van der Waals surface area contributed by atoms with Gasteiger partial charge in [0, 0.05) is 29.3 Å². The highest BCUT2D eigenvalue weighted by Gasteiger charge is 2.28. The number of benzene rings is 1. The van der Waals surface area contributed by atoms with Gasteiger partial charge in [-0.1, -0.05) is 45.0 Å². The first kappa shape index (κ1) is 26.0. The van der Waals surface area contributed by atoms with Crippen molar-refractivity contribution in [2.75, 3.05) is 0 Å². The number of esters is 1. The van der Waals surface area contributed by atoms with E-state index in [4.69, 9.17) is 4.74 Å². The van der Waals surface area contributed by atoms with E-state index in [9.17, 15) is 9.59 Å². The first-order valence-corrected chi connectivity index (χ1v) is 12.6. The summed E-state index contributed by atoms with van der Waals surface area (Å²) in [7, 11) is 0. The molecule has 0 unspecified atom stereocenters. The summed E-state index contributed by atoms with van der Waals surface area (Å²) in [5, 5.41) is 2.89. The predicted octanol–water partition coefficient (Wildman–Crippen LogP) is 5.95. The summed E-state index contributed by atoms with van der Waals surface area (Å²) in [6.45, 7) is 11.7. The maximum absolute atomic E-state index is 13.0. The zero-order chi connectivity index (χ0) is 25.1. The molecule has 0 aliphatic heterocycles. The molecule has 3 rings (SSSR count). The van der Waals surface area contributed by atoms with Gasteiger partial charge in [0.05, 0.1) is 9.35 Å². The summed E-state index contributed by atoms with van der Waals surface area (Å²) in [5.41, 5.74) is 1.04. The second kappa shape index (κ2) is 10.4. The van der Waals surface area contributed by atoms with Gasteiger partial charge < -0.3 is 10.1 Å². The molecule has 0 saturated carbocycles. The van der Waals surface area contributed by atoms with Crippen molar-refractivity contribution in [2.45, 2.75) is 65.0 Å². The molecule has 1 amide bonds. The van der Waals surface area contributed by atoms with Crippen LogP contribution in [0.4, 0.5) is 0 Å². The first-order valence-electron chi connectivity index (χ1n) is 11.0. The third kappa shape index (κ3) is 7.21. The van der Waals surface area contributed by atoms with Crippen molar-refractivity contribution in [3.63, 3.8) is 0 Å². The molecular weight excluding hydrogens is 514 g/mol. The molecule has 6 nitrogen and oxygen atoms in total. The molecule has 0 radical (unpaired) electrons. The van der Waals surface area contributed by atoms with E-state index >= 15 is 0 Å². The van der Waals surface area contributed by atoms with Gasteiger partial charge in [-0.2, -0.15) is 0 Å². The topological polar surface area (TPSA) is 81.2 Å². The first-order chi connectivity index (χ1) is 15.8. The van der Waals surface area contributed by atoms with Gasteiger partial charge >= 0.3 is 5.97 Å². The van der Waals surface area contributed by atoms with E-state index in [0.717, 1.165) is 20.5 Å². The van der Waals surface area contributed by atoms with E-state index in [1.165, 1.54) is 11.3 Å². The van der Waals surface area contributed by atoms with Gasteiger partial charge in [0.1, 0.15) is 11.6 Å². The van der Waals surface area contributed by atoms with Crippen LogP contribution in [-0.4, -0.2) is 33.5 Å². The third-order valence-electron chi connectivity index (χ3n) is 4.84. The molecule has 0 spiro atoms. The number of amides is 1. The highest BCUT2D eigenvalue weighted by atomic mass is 79.9. The third-order valence-corrected chi connectivity index (χ3v) is 6.76. The van der Waals surface area contributed by atoms with E-state index in [-0.39, 0.29) is 11.3 Å². The average Bonchev–Trinajstić information content (AvgIpc) is 3.24. The van der Waals surface area contributed by atoms with Crippen LogP contribution in [0.15, 0.2) is 53.3 Å². The molecular formula is C26H30BrN3O3S. The Morgan fingerprint density at radius 1 is 1.00 bits per heavy atom. The lowest BCUT2D eigenvalue weighted by Crippen LogP contribution is -2.45. The Kier molecular flexibility index (Phi) is 7.93. The number of halogens is 1. The Morgan fingerprint density at radius 2 is 1.62 bits per heavy atom. The quantitative estimate of drug-likeness (QED) is 0.388. The summed E-state index contributed by atoms with van der Waals surface area (Å²) < 4.78 is 6.41. The molecule has 0 aliphatic carbocycles. The summed E-state index contributed by atoms with van der Waals surface area (Å²) in [4.78, 5) is 36.3. The van der Waals surface area contributed by atoms with Crippen LogP contribution in [0, 0.1) is 0 Å². The smallest absolute Gasteiger partial charge is 0.329 e. The number of nitrogens with zero attached hydrogens (tertiary/aromatic N) is 2. The van der Waals surface area contributed by atoms with Crippen molar-refractivity contribution in [3.8, 4) is 11.4 Å². The molecule has 0 saturated heterocycles. The second-order valence-electron chi connectivity index (χ2n) is 10.1. The van der Waals surface area contributed by atoms with Crippen LogP contribution >= 0.6 is 27.3 Å². The highest BCUT2D eigenvalue weighted by molar-refractivity contribution is 9.10. The monoisotopic (exact) mass is 543 g/mol. The fourth-order valence-corrected chi connectivity index (χ4v) is 4.32. The van der Waals surface area contributed by atoms with Crippen LogP contribution in [0.25, 0.3) is 11.4 Å². The van der Waals surface area contributed by atoms with Crippen LogP contribution < -0.4 is 5.32 Å². The summed E-state index contributed by atoms with van der Waals surface area (Å²) >= 11 is 4.78. The molecule has 2 heterocycles. The van der Waals surface area contributed by atoms with Crippen LogP contribution in [0.2, 0.25) is 0 Å². The van der Waals surface area contributed by atoms with Gasteiger partial charge in [0.15, 0.2) is 5.82 Å². The highest BCUT2D eigenvalue weighted by Crippen LogP contribution is 2.29. The minimum Gasteiger partial charge on any atom is -0.458 e. The van der Waals surface area contributed by atoms with E-state index in [1.807, 2.05) is 51.1 Å². The lowest BCUT2D eigenvalue weighted by Gasteiger charge is -2.24. The van der Waals surface area contributed by atoms with Crippen LogP contribution in [0.1, 0.15) is 61.7 Å². The normalized spacial score (nSPS) is 12.8. The standard InChI is InChI=1S/C26H30BrN3O3S/c1-25(2,3)21-12-11-20(34-21)23(31)30-19(24(32)33-26(4,5)6)13-16-7-9-17(10-8-16)22-28-14-18(27)15-29-22/h7-12,14-15,19H,13H2,1-6H3,(H,30,31)/t19-/m0/s1. The maximum Gasteiger partial charge on any atom is 0.329 e. The predicted molar refractivity (Wildman–Crippen MR) is 139 cm³/mol. The largest absolute Gasteiger partial charge is 0.458 e. The van der Waals surface area contributed by atoms with Gasteiger partial charge in [0.2, 0.25) is 0 Å². The fraction of sp³-hybridized carbons (Fsp3) is 0.385. The summed E-state index contributed by atoms with van der Waals surface area (Å²) in [6, 6.07) is 10.6. The molecule has 1 N–H and O–H groups in total. The van der Waals surface area contributed by atoms with Crippen LogP contribution in [0.3, 0.4) is 0 Å². The van der Waals surface area contributed by atoms with Gasteiger partial charge in [-0.25, -0.2) is 14.8 Å². The van der Waals surface area contributed by atoms with Gasteiger partial charge in [-0.3, -0.25) is 4.79 Å². The molecule has 0 bridgehead atoms. The number of carbonyl (C=O) groups excluding carboxylic acids is 2. The SMILES string of the molecule is CC(C)(C)OC(=O)[C@H](Cc1ccc(-c2ncc(Br)cn2)cc1)NC(=O)c1ccc(C(C)(C)C)s1. The van der Waals surface area contributed by atoms with Gasteiger partial charge in [-0.05, 0) is 59.8 Å². The Bertz CT molecular complexity index is 1140. The Balaban J connectivity index is 1.79. The van der Waals surface area contributed by atoms with Crippen molar-refractivity contribution in [3.05, 3.63) is 68.6 Å². The fourth-order valence-electron chi connectivity index (χ4n) is 3.15. The number of nitrogens with one attached hydrogen (secondary N) is 1. The number of ether oxygens (including phenoxy) is 1. The maximum atomic E-state index is 13.0. The average molecular weight is 545 g/mol. The number of thiophene rings is 1. The number of hydrogen-bond acceptors (Lipinski definition) is 6. The van der Waals surface area contributed by atoms with Crippen molar-refractivity contribution < 1.29 is 14.3 Å². The lowest BCUT2D eigenvalue weighted by molar-refractivity contribution is -0.157. The van der Waals surface area contributed by atoms with E-state index in [2.05, 4.69) is 52.0 Å². The minimum atomic E-state index is -0.818. The molecule has 2 aromatic heterocycles. The number of carbonyl (C=O) groups is 2. The second-order valence-corrected chi connectivity index (χ2v) is 12.1. The molecule has 3 aromatic rings. The number of aromatic nitrogens is 2. The van der Waals surface area contributed by atoms with Crippen molar-refractivity contribution in [2.24, 2.45) is 0 Å². The van der Waals surface area contributed by atoms with Crippen molar-refractivity contribution in [1.29, 1.82) is 0 Å². The summed E-state index contributed by atoms with van der Waals surface area (Å²) in [6.07, 6.45) is 3.69. The van der Waals surface area contributed by atoms with Gasteiger partial charge in [-0.15, -0.1) is 11.3 Å². The van der Waals surface area contributed by atoms with Gasteiger partial charge in [0.25, 0.3) is 5.91 Å². The molecule has 180 valence electrons. The number of hydrogen-bond donors (Lipinski definition) is 1. The lowest BCUT2D eigenvalue weighted by atomic mass is 9.95. The number of rotatable bonds is 6. The van der Waals surface area contributed by atoms with E-state index < -0.39 is 17.6 Å². The molecule has 0 aliphatic rings. The molecule has 34 heavy (non-hydrogen) atoms. The van der Waals surface area contributed by atoms with Crippen LogP contribution in [0.5, 0.6) is 0 Å². The van der Waals surface area contributed by atoms with Crippen LogP contribution in [-0.2, 0) is 21.4 Å². The molecule has 0 fully saturated rings.